The summed E-state index contributed by atoms with van der Waals surface area (Å²) in [6, 6.07) is 13.1. The maximum atomic E-state index is 12.8. The first kappa shape index (κ1) is 16.2. The maximum absolute atomic E-state index is 12.8. The number of ether oxygens (including phenoxy) is 1. The van der Waals surface area contributed by atoms with Gasteiger partial charge in [-0.2, -0.15) is 13.2 Å². The van der Waals surface area contributed by atoms with Gasteiger partial charge in [-0.1, -0.05) is 29.8 Å². The van der Waals surface area contributed by atoms with E-state index in [0.29, 0.717) is 17.0 Å². The number of hydrogen-bond donors (Lipinski definition) is 1. The summed E-state index contributed by atoms with van der Waals surface area (Å²) in [6.45, 7) is 1.90. The van der Waals surface area contributed by atoms with Crippen LogP contribution in [0.1, 0.15) is 23.6 Å². The fraction of sp³-hybridized carbons (Fsp3) is 0.294. The molecule has 2 aromatic carbocycles. The van der Waals surface area contributed by atoms with Crippen LogP contribution in [0.5, 0.6) is 5.75 Å². The smallest absolute Gasteiger partial charge is 0.391 e. The fourth-order valence-electron chi connectivity index (χ4n) is 2.17. The van der Waals surface area contributed by atoms with E-state index in [4.69, 9.17) is 4.74 Å². The van der Waals surface area contributed by atoms with Crippen molar-refractivity contribution in [3.63, 3.8) is 0 Å². The van der Waals surface area contributed by atoms with Crippen LogP contribution in [-0.4, -0.2) is 13.3 Å². The summed E-state index contributed by atoms with van der Waals surface area (Å²) < 4.78 is 43.5. The van der Waals surface area contributed by atoms with Crippen LogP contribution in [0, 0.1) is 6.92 Å². The number of halogens is 3. The fourth-order valence-corrected chi connectivity index (χ4v) is 2.17. The van der Waals surface area contributed by atoms with Crippen molar-refractivity contribution < 1.29 is 17.9 Å². The lowest BCUT2D eigenvalue weighted by Gasteiger charge is -2.22. The molecule has 0 aliphatic rings. The van der Waals surface area contributed by atoms with Crippen molar-refractivity contribution in [3.8, 4) is 5.75 Å². The van der Waals surface area contributed by atoms with E-state index in [1.165, 1.54) is 0 Å². The number of benzene rings is 2. The summed E-state index contributed by atoms with van der Waals surface area (Å²) in [4.78, 5) is 0. The lowest BCUT2D eigenvalue weighted by atomic mass is 10.0. The molecule has 1 unspecified atom stereocenters. The molecule has 0 fully saturated rings. The zero-order chi connectivity index (χ0) is 16.2. The Labute approximate surface area is 127 Å². The number of alkyl halides is 3. The highest BCUT2D eigenvalue weighted by Gasteiger charge is 2.32. The number of anilines is 1. The van der Waals surface area contributed by atoms with E-state index < -0.39 is 18.6 Å². The van der Waals surface area contributed by atoms with Gasteiger partial charge in [-0.05, 0) is 36.8 Å². The lowest BCUT2D eigenvalue weighted by molar-refractivity contribution is -0.137. The Bertz CT molecular complexity index is 591. The van der Waals surface area contributed by atoms with E-state index in [2.05, 4.69) is 5.32 Å². The van der Waals surface area contributed by atoms with Crippen molar-refractivity contribution in [2.24, 2.45) is 0 Å². The van der Waals surface area contributed by atoms with Crippen molar-refractivity contribution in [2.45, 2.75) is 25.6 Å². The Balaban J connectivity index is 2.21. The Morgan fingerprint density at radius 3 is 2.09 bits per heavy atom. The summed E-state index contributed by atoms with van der Waals surface area (Å²) in [5.41, 5.74) is 2.24. The number of hydrogen-bond acceptors (Lipinski definition) is 2. The minimum atomic E-state index is -4.24. The molecule has 0 bridgehead atoms. The molecule has 0 saturated carbocycles. The zero-order valence-corrected chi connectivity index (χ0v) is 12.4. The first-order chi connectivity index (χ1) is 10.4. The first-order valence-electron chi connectivity index (χ1n) is 6.91. The molecule has 0 saturated heterocycles. The minimum Gasteiger partial charge on any atom is -0.497 e. The van der Waals surface area contributed by atoms with Crippen molar-refractivity contribution in [1.29, 1.82) is 0 Å². The molecule has 5 heteroatoms. The van der Waals surface area contributed by atoms with Crippen LogP contribution in [0.15, 0.2) is 48.5 Å². The van der Waals surface area contributed by atoms with Crippen LogP contribution in [-0.2, 0) is 0 Å². The number of nitrogens with one attached hydrogen (secondary N) is 1. The molecule has 0 aromatic heterocycles. The van der Waals surface area contributed by atoms with E-state index in [1.807, 2.05) is 19.1 Å². The van der Waals surface area contributed by atoms with Crippen LogP contribution in [0.3, 0.4) is 0 Å². The molecule has 0 heterocycles. The molecule has 0 amide bonds. The van der Waals surface area contributed by atoms with Gasteiger partial charge in [0.2, 0.25) is 0 Å². The molecule has 22 heavy (non-hydrogen) atoms. The third kappa shape index (κ3) is 4.69. The summed E-state index contributed by atoms with van der Waals surface area (Å²) >= 11 is 0. The molecule has 0 radical (unpaired) electrons. The zero-order valence-electron chi connectivity index (χ0n) is 12.4. The second-order valence-electron chi connectivity index (χ2n) is 5.16. The highest BCUT2D eigenvalue weighted by molar-refractivity contribution is 5.48. The van der Waals surface area contributed by atoms with Gasteiger partial charge in [-0.3, -0.25) is 0 Å². The van der Waals surface area contributed by atoms with Gasteiger partial charge in [0.1, 0.15) is 5.75 Å². The minimum absolute atomic E-state index is 0.610. The molecule has 0 spiro atoms. The predicted molar refractivity (Wildman–Crippen MR) is 81.2 cm³/mol. The number of aryl methyl sites for hydroxylation is 1. The number of methoxy groups -OCH3 is 1. The van der Waals surface area contributed by atoms with Crippen LogP contribution in [0.25, 0.3) is 0 Å². The van der Waals surface area contributed by atoms with E-state index in [-0.39, 0.29) is 0 Å². The number of rotatable bonds is 5. The topological polar surface area (TPSA) is 21.3 Å². The summed E-state index contributed by atoms with van der Waals surface area (Å²) in [6.07, 6.45) is -5.17. The average Bonchev–Trinajstić information content (AvgIpc) is 2.47. The molecule has 0 aliphatic carbocycles. The van der Waals surface area contributed by atoms with E-state index in [0.717, 1.165) is 5.56 Å². The van der Waals surface area contributed by atoms with Gasteiger partial charge in [0.25, 0.3) is 0 Å². The highest BCUT2D eigenvalue weighted by Crippen LogP contribution is 2.32. The van der Waals surface area contributed by atoms with E-state index in [9.17, 15) is 13.2 Å². The van der Waals surface area contributed by atoms with Crippen molar-refractivity contribution in [1.82, 2.24) is 0 Å². The van der Waals surface area contributed by atoms with Crippen LogP contribution >= 0.6 is 0 Å². The first-order valence-corrected chi connectivity index (χ1v) is 6.91. The highest BCUT2D eigenvalue weighted by atomic mass is 19.4. The lowest BCUT2D eigenvalue weighted by Crippen LogP contribution is -2.20. The van der Waals surface area contributed by atoms with Gasteiger partial charge in [0, 0.05) is 5.69 Å². The molecule has 2 rings (SSSR count). The predicted octanol–water partition coefficient (Wildman–Crippen LogP) is 5.11. The monoisotopic (exact) mass is 309 g/mol. The largest absolute Gasteiger partial charge is 0.497 e. The normalized spacial score (nSPS) is 12.8. The molecular formula is C17H18F3NO. The maximum Gasteiger partial charge on any atom is 0.391 e. The van der Waals surface area contributed by atoms with Crippen LogP contribution in [0.2, 0.25) is 0 Å². The van der Waals surface area contributed by atoms with Crippen molar-refractivity contribution in [3.05, 3.63) is 59.7 Å². The third-order valence-electron chi connectivity index (χ3n) is 3.35. The standard InChI is InChI=1S/C17H18F3NO/c1-12-3-5-13(6-4-12)16(11-17(18,19)20)21-14-7-9-15(22-2)10-8-14/h3-10,16,21H,11H2,1-2H3. The summed E-state index contributed by atoms with van der Waals surface area (Å²) in [7, 11) is 1.54. The SMILES string of the molecule is COc1ccc(NC(CC(F)(F)F)c2ccc(C)cc2)cc1. The molecule has 1 N–H and O–H groups in total. The van der Waals surface area contributed by atoms with Gasteiger partial charge >= 0.3 is 6.18 Å². The van der Waals surface area contributed by atoms with Crippen LogP contribution < -0.4 is 10.1 Å². The summed E-state index contributed by atoms with van der Waals surface area (Å²) in [5, 5.41) is 2.95. The van der Waals surface area contributed by atoms with Crippen molar-refractivity contribution >= 4 is 5.69 Å². The Kier molecular flexibility index (Phi) is 4.96. The average molecular weight is 309 g/mol. The van der Waals surface area contributed by atoms with E-state index >= 15 is 0 Å². The Morgan fingerprint density at radius 1 is 1.00 bits per heavy atom. The van der Waals surface area contributed by atoms with Crippen molar-refractivity contribution in [2.75, 3.05) is 12.4 Å². The molecule has 2 nitrogen and oxygen atoms in total. The second-order valence-corrected chi connectivity index (χ2v) is 5.16. The Hall–Kier alpha value is -2.17. The quantitative estimate of drug-likeness (QED) is 0.828. The van der Waals surface area contributed by atoms with Gasteiger partial charge in [-0.25, -0.2) is 0 Å². The van der Waals surface area contributed by atoms with Crippen LogP contribution in [0.4, 0.5) is 18.9 Å². The van der Waals surface area contributed by atoms with Gasteiger partial charge < -0.3 is 10.1 Å². The van der Waals surface area contributed by atoms with Gasteiger partial charge in [0.15, 0.2) is 0 Å². The Morgan fingerprint density at radius 2 is 1.59 bits per heavy atom. The summed E-state index contributed by atoms with van der Waals surface area (Å²) in [5.74, 6) is 0.660. The molecule has 1 atom stereocenters. The molecule has 118 valence electrons. The molecular weight excluding hydrogens is 291 g/mol. The third-order valence-corrected chi connectivity index (χ3v) is 3.35. The van der Waals surface area contributed by atoms with Gasteiger partial charge in [0.05, 0.1) is 19.6 Å². The van der Waals surface area contributed by atoms with Gasteiger partial charge in [-0.15, -0.1) is 0 Å². The molecule has 2 aromatic rings. The van der Waals surface area contributed by atoms with E-state index in [1.54, 1.807) is 43.5 Å². The second kappa shape index (κ2) is 6.73. The molecule has 0 aliphatic heterocycles.